The van der Waals surface area contributed by atoms with Crippen LogP contribution < -0.4 is 10.7 Å². The monoisotopic (exact) mass is 419 g/mol. The maximum absolute atomic E-state index is 12.8. The van der Waals surface area contributed by atoms with Gasteiger partial charge in [-0.1, -0.05) is 6.08 Å². The fourth-order valence-corrected chi connectivity index (χ4v) is 4.24. The number of quaternary nitrogens is 1. The number of carbonyl (C=O) groups is 2. The fraction of sp³-hybridized carbons (Fsp3) is 0.360. The van der Waals surface area contributed by atoms with Crippen molar-refractivity contribution in [3.63, 3.8) is 0 Å². The first-order valence-corrected chi connectivity index (χ1v) is 10.7. The molecule has 0 saturated heterocycles. The molecule has 31 heavy (non-hydrogen) atoms. The Hall–Kier alpha value is -2.96. The Kier molecular flexibility index (Phi) is 5.45. The number of aromatic nitrogens is 2. The first-order valence-electron chi connectivity index (χ1n) is 10.7. The molecule has 6 nitrogen and oxygen atoms in total. The quantitative estimate of drug-likeness (QED) is 0.691. The highest BCUT2D eigenvalue weighted by Gasteiger charge is 2.26. The van der Waals surface area contributed by atoms with Gasteiger partial charge >= 0.3 is 0 Å². The first kappa shape index (κ1) is 21.3. The van der Waals surface area contributed by atoms with Gasteiger partial charge in [-0.05, 0) is 55.9 Å². The Bertz CT molecular complexity index is 1230. The molecule has 4 rings (SSSR count). The highest BCUT2D eigenvalue weighted by atomic mass is 16.1. The van der Waals surface area contributed by atoms with Gasteiger partial charge in [0.1, 0.15) is 0 Å². The molecular weight excluding hydrogens is 388 g/mol. The van der Waals surface area contributed by atoms with E-state index in [1.807, 2.05) is 32.4 Å². The number of ketones is 2. The molecule has 2 heterocycles. The van der Waals surface area contributed by atoms with Gasteiger partial charge in [0, 0.05) is 24.7 Å². The average Bonchev–Trinajstić information content (AvgIpc) is 3.27. The molecule has 2 N–H and O–H groups in total. The Balaban J connectivity index is 1.90. The largest absolute Gasteiger partial charge is 0.360 e. The molecule has 0 atom stereocenters. The molecule has 0 fully saturated rings. The van der Waals surface area contributed by atoms with Crippen molar-refractivity contribution in [3.05, 3.63) is 69.1 Å². The summed E-state index contributed by atoms with van der Waals surface area (Å²) in [4.78, 5) is 34.5. The number of hydrogen-bond acceptors (Lipinski definition) is 3. The van der Waals surface area contributed by atoms with Crippen LogP contribution >= 0.6 is 0 Å². The van der Waals surface area contributed by atoms with Gasteiger partial charge in [-0.3, -0.25) is 9.59 Å². The van der Waals surface area contributed by atoms with Gasteiger partial charge in [0.05, 0.1) is 55.2 Å². The van der Waals surface area contributed by atoms with Gasteiger partial charge in [0.15, 0.2) is 11.6 Å². The van der Waals surface area contributed by atoms with Crippen molar-refractivity contribution in [2.24, 2.45) is 0 Å². The Morgan fingerprint density at radius 1 is 0.968 bits per heavy atom. The summed E-state index contributed by atoms with van der Waals surface area (Å²) in [5.74, 6) is 0.0624. The predicted molar refractivity (Wildman–Crippen MR) is 124 cm³/mol. The zero-order chi connectivity index (χ0) is 22.3. The lowest BCUT2D eigenvalue weighted by atomic mass is 9.92. The second-order valence-electron chi connectivity index (χ2n) is 9.65. The van der Waals surface area contributed by atoms with Crippen LogP contribution in [0, 0.1) is 0 Å². The van der Waals surface area contributed by atoms with Crippen LogP contribution in [0.25, 0.3) is 11.6 Å². The Morgan fingerprint density at radius 2 is 1.71 bits per heavy atom. The van der Waals surface area contributed by atoms with Gasteiger partial charge in [-0.25, -0.2) is 0 Å². The molecule has 6 heteroatoms. The van der Waals surface area contributed by atoms with Crippen molar-refractivity contribution in [1.29, 1.82) is 0 Å². The molecule has 0 radical (unpaired) electrons. The first-order chi connectivity index (χ1) is 14.7. The van der Waals surface area contributed by atoms with E-state index in [0.717, 1.165) is 74.6 Å². The van der Waals surface area contributed by atoms with Crippen LogP contribution in [0.4, 0.5) is 0 Å². The number of hydrogen-bond donors (Lipinski definition) is 2. The summed E-state index contributed by atoms with van der Waals surface area (Å²) < 4.78 is 0.837. The highest BCUT2D eigenvalue weighted by molar-refractivity contribution is 6.13. The van der Waals surface area contributed by atoms with Crippen LogP contribution in [-0.4, -0.2) is 79.2 Å². The number of carbonyl (C=O) groups excluding carboxylic acids is 2. The van der Waals surface area contributed by atoms with Crippen LogP contribution in [0.15, 0.2) is 30.5 Å². The van der Waals surface area contributed by atoms with Crippen molar-refractivity contribution in [3.8, 4) is 0 Å². The summed E-state index contributed by atoms with van der Waals surface area (Å²) in [6, 6.07) is 0. The third-order valence-electron chi connectivity index (χ3n) is 5.90. The number of fused-ring (bicyclic) bond motifs is 2. The van der Waals surface area contributed by atoms with Crippen molar-refractivity contribution in [2.45, 2.75) is 12.8 Å². The van der Waals surface area contributed by atoms with E-state index in [2.05, 4.69) is 36.0 Å². The summed E-state index contributed by atoms with van der Waals surface area (Å²) in [6.07, 6.45) is 12.4. The smallest absolute Gasteiger partial charge is 0.188 e. The molecule has 2 aliphatic rings. The normalized spacial score (nSPS) is 17.2. The fourth-order valence-electron chi connectivity index (χ4n) is 4.24. The summed E-state index contributed by atoms with van der Waals surface area (Å²) in [7, 11) is 10.5. The molecule has 162 valence electrons. The molecule has 0 amide bonds. The molecule has 2 aromatic rings. The minimum atomic E-state index is 0.0283. The summed E-state index contributed by atoms with van der Waals surface area (Å²) in [6.45, 7) is 1.77. The summed E-state index contributed by atoms with van der Waals surface area (Å²) in [5, 5.41) is 1.76. The molecule has 0 saturated carbocycles. The Labute approximate surface area is 182 Å². The molecule has 0 unspecified atom stereocenters. The predicted octanol–water partition coefficient (Wildman–Crippen LogP) is 1.18. The summed E-state index contributed by atoms with van der Waals surface area (Å²) >= 11 is 0. The average molecular weight is 420 g/mol. The molecule has 0 aromatic carbocycles. The van der Waals surface area contributed by atoms with Crippen LogP contribution in [0.3, 0.4) is 0 Å². The number of allylic oxidation sites excluding steroid dienone is 4. The molecule has 0 aliphatic heterocycles. The van der Waals surface area contributed by atoms with Crippen LogP contribution in [0.1, 0.15) is 37.5 Å². The van der Waals surface area contributed by atoms with Gasteiger partial charge in [0.25, 0.3) is 0 Å². The van der Waals surface area contributed by atoms with E-state index in [4.69, 9.17) is 0 Å². The second-order valence-corrected chi connectivity index (χ2v) is 9.65. The number of H-pyrrole nitrogens is 2. The van der Waals surface area contributed by atoms with Crippen LogP contribution in [0.5, 0.6) is 0 Å². The number of likely N-dealkylation sites (N-methyl/N-ethyl adjacent to an activating group) is 2. The van der Waals surface area contributed by atoms with E-state index in [0.29, 0.717) is 0 Å². The zero-order valence-electron chi connectivity index (χ0n) is 19.0. The number of rotatable bonds is 6. The maximum atomic E-state index is 12.8. The van der Waals surface area contributed by atoms with Crippen molar-refractivity contribution >= 4 is 23.2 Å². The topological polar surface area (TPSA) is 69.0 Å². The lowest BCUT2D eigenvalue weighted by molar-refractivity contribution is -0.870. The van der Waals surface area contributed by atoms with E-state index < -0.39 is 0 Å². The lowest BCUT2D eigenvalue weighted by Gasteiger charge is -2.23. The van der Waals surface area contributed by atoms with Crippen LogP contribution in [0.2, 0.25) is 0 Å². The van der Waals surface area contributed by atoms with Crippen molar-refractivity contribution in [1.82, 2.24) is 14.9 Å². The third-order valence-corrected chi connectivity index (χ3v) is 5.90. The van der Waals surface area contributed by atoms with Gasteiger partial charge in [-0.2, -0.15) is 0 Å². The standard InChI is InChI=1S/C25H30N4O2/c1-28(2)13-11-17-23-19(7-6-8-20(23)30)27-24(17)18-9-10-21(31)22-16(15-26-25(18)22)12-14-29(3,4)5/h6-10,15H,11-14H2,1-5H3,(H-,26,27,30,31)/p+1. The lowest BCUT2D eigenvalue weighted by Crippen LogP contribution is -2.36. The van der Waals surface area contributed by atoms with Gasteiger partial charge in [0.2, 0.25) is 0 Å². The minimum absolute atomic E-state index is 0.0283. The second kappa shape index (κ2) is 7.94. The van der Waals surface area contributed by atoms with E-state index in [1.54, 1.807) is 18.2 Å². The third kappa shape index (κ3) is 4.13. The Morgan fingerprint density at radius 3 is 2.42 bits per heavy atom. The SMILES string of the molecule is CN(C)CCc1c2c([nH]c1=C1C=CC(=O)c3c(CC[N+](C)(C)C)c[nH]c31)=CC=CC2=O. The molecular formula is C25H31N4O2+. The van der Waals surface area contributed by atoms with E-state index in [-0.39, 0.29) is 11.6 Å². The van der Waals surface area contributed by atoms with Crippen LogP contribution in [-0.2, 0) is 12.8 Å². The van der Waals surface area contributed by atoms with E-state index in [1.165, 1.54) is 0 Å². The number of nitrogens with one attached hydrogen (secondary N) is 2. The van der Waals surface area contributed by atoms with E-state index >= 15 is 0 Å². The minimum Gasteiger partial charge on any atom is -0.360 e. The molecule has 0 spiro atoms. The maximum Gasteiger partial charge on any atom is 0.188 e. The summed E-state index contributed by atoms with van der Waals surface area (Å²) in [5.41, 5.74) is 5.34. The molecule has 2 aromatic heterocycles. The zero-order valence-corrected chi connectivity index (χ0v) is 19.0. The number of nitrogens with zero attached hydrogens (tertiary/aromatic N) is 2. The van der Waals surface area contributed by atoms with Crippen molar-refractivity contribution in [2.75, 3.05) is 48.3 Å². The van der Waals surface area contributed by atoms with E-state index in [9.17, 15) is 9.59 Å². The van der Waals surface area contributed by atoms with Gasteiger partial charge < -0.3 is 19.4 Å². The van der Waals surface area contributed by atoms with Crippen molar-refractivity contribution < 1.29 is 14.1 Å². The van der Waals surface area contributed by atoms with Gasteiger partial charge in [-0.15, -0.1) is 0 Å². The number of aromatic amines is 2. The molecule has 2 aliphatic carbocycles. The highest BCUT2D eigenvalue weighted by Crippen LogP contribution is 2.27. The molecule has 0 bridgehead atoms.